The molecule has 0 aliphatic carbocycles. The number of aromatic nitrogens is 4. The van der Waals surface area contributed by atoms with Gasteiger partial charge < -0.3 is 4.74 Å². The van der Waals surface area contributed by atoms with Crippen LogP contribution in [0.5, 0.6) is 5.75 Å². The third-order valence-electron chi connectivity index (χ3n) is 2.49. The van der Waals surface area contributed by atoms with E-state index in [4.69, 9.17) is 4.74 Å². The molecule has 2 heterocycles. The van der Waals surface area contributed by atoms with Crippen LogP contribution in [0.3, 0.4) is 0 Å². The molecule has 8 heteroatoms. The molecule has 5 nitrogen and oxygen atoms in total. The highest BCUT2D eigenvalue weighted by Gasteiger charge is 2.35. The summed E-state index contributed by atoms with van der Waals surface area (Å²) in [4.78, 5) is 7.39. The van der Waals surface area contributed by atoms with Gasteiger partial charge in [0, 0.05) is 6.20 Å². The number of pyridine rings is 1. The molecule has 0 aliphatic heterocycles. The van der Waals surface area contributed by atoms with E-state index in [1.807, 2.05) is 12.0 Å². The van der Waals surface area contributed by atoms with E-state index < -0.39 is 12.0 Å². The number of alkyl halides is 3. The average Bonchev–Trinajstić information content (AvgIpc) is 2.89. The predicted octanol–water partition coefficient (Wildman–Crippen LogP) is 3.06. The second-order valence-electron chi connectivity index (χ2n) is 4.06. The maximum atomic E-state index is 12.5. The lowest BCUT2D eigenvalue weighted by molar-refractivity contribution is -0.144. The summed E-state index contributed by atoms with van der Waals surface area (Å²) >= 11 is 0. The second-order valence-corrected chi connectivity index (χ2v) is 4.06. The summed E-state index contributed by atoms with van der Waals surface area (Å²) in [6.07, 6.45) is -1.32. The van der Waals surface area contributed by atoms with Gasteiger partial charge in [-0.2, -0.15) is 18.3 Å². The maximum absolute atomic E-state index is 12.5. The minimum Gasteiger partial charge on any atom is -0.491 e. The Balaban J connectivity index is 2.26. The number of rotatable bonds is 5. The van der Waals surface area contributed by atoms with E-state index in [2.05, 4.69) is 15.1 Å². The Hall–Kier alpha value is -2.12. The fraction of sp³-hybridized carbons (Fsp3) is 0.417. The Morgan fingerprint density at radius 1 is 1.35 bits per heavy atom. The first-order chi connectivity index (χ1) is 9.52. The molecule has 0 saturated carbocycles. The van der Waals surface area contributed by atoms with Crippen LogP contribution in [0, 0.1) is 0 Å². The molecule has 0 aromatic carbocycles. The molecule has 0 amide bonds. The summed E-state index contributed by atoms with van der Waals surface area (Å²) in [5.41, 5.74) is 0.190. The van der Waals surface area contributed by atoms with Gasteiger partial charge >= 0.3 is 6.18 Å². The van der Waals surface area contributed by atoms with E-state index in [1.54, 1.807) is 12.1 Å². The molecule has 1 N–H and O–H groups in total. The van der Waals surface area contributed by atoms with Crippen LogP contribution in [0.2, 0.25) is 0 Å². The molecule has 0 aliphatic rings. The minimum atomic E-state index is -4.57. The number of nitrogens with zero attached hydrogens (tertiary/aromatic N) is 3. The van der Waals surface area contributed by atoms with E-state index in [0.29, 0.717) is 12.4 Å². The lowest BCUT2D eigenvalue weighted by Crippen LogP contribution is -2.07. The highest BCUT2D eigenvalue weighted by molar-refractivity contribution is 5.58. The molecule has 0 atom stereocenters. The zero-order valence-electron chi connectivity index (χ0n) is 10.7. The van der Waals surface area contributed by atoms with Gasteiger partial charge in [0.15, 0.2) is 5.69 Å². The summed E-state index contributed by atoms with van der Waals surface area (Å²) in [6, 6.07) is 3.27. The van der Waals surface area contributed by atoms with Crippen LogP contribution >= 0.6 is 0 Å². The fourth-order valence-electron chi connectivity index (χ4n) is 1.50. The van der Waals surface area contributed by atoms with Gasteiger partial charge in [-0.15, -0.1) is 0 Å². The molecular formula is C12H13F3N4O. The summed E-state index contributed by atoms with van der Waals surface area (Å²) < 4.78 is 42.9. The summed E-state index contributed by atoms with van der Waals surface area (Å²) in [5.74, 6) is -0.921. The number of ether oxygens (including phenoxy) is 1. The number of hydrogen-bond acceptors (Lipinski definition) is 4. The molecule has 0 unspecified atom stereocenters. The Morgan fingerprint density at radius 2 is 2.15 bits per heavy atom. The number of nitrogens with one attached hydrogen (secondary N) is 1. The molecule has 0 spiro atoms. The lowest BCUT2D eigenvalue weighted by Gasteiger charge is -2.07. The van der Waals surface area contributed by atoms with Crippen molar-refractivity contribution in [2.75, 3.05) is 6.61 Å². The van der Waals surface area contributed by atoms with Crippen molar-refractivity contribution in [3.05, 3.63) is 24.2 Å². The van der Waals surface area contributed by atoms with Crippen molar-refractivity contribution in [3.63, 3.8) is 0 Å². The van der Waals surface area contributed by atoms with E-state index in [1.165, 1.54) is 6.20 Å². The van der Waals surface area contributed by atoms with Crippen LogP contribution in [0.1, 0.15) is 25.6 Å². The predicted molar refractivity (Wildman–Crippen MR) is 65.0 cm³/mol. The van der Waals surface area contributed by atoms with E-state index in [0.717, 1.165) is 12.8 Å². The van der Waals surface area contributed by atoms with Crippen LogP contribution in [-0.4, -0.2) is 26.8 Å². The Morgan fingerprint density at radius 3 is 2.80 bits per heavy atom. The molecule has 20 heavy (non-hydrogen) atoms. The summed E-state index contributed by atoms with van der Waals surface area (Å²) in [7, 11) is 0. The molecule has 0 radical (unpaired) electrons. The first-order valence-corrected chi connectivity index (χ1v) is 6.10. The van der Waals surface area contributed by atoms with Crippen molar-refractivity contribution in [2.24, 2.45) is 0 Å². The first-order valence-electron chi connectivity index (χ1n) is 6.10. The molecule has 0 saturated heterocycles. The quantitative estimate of drug-likeness (QED) is 0.858. The van der Waals surface area contributed by atoms with Gasteiger partial charge in [0.25, 0.3) is 0 Å². The topological polar surface area (TPSA) is 63.7 Å². The van der Waals surface area contributed by atoms with Crippen molar-refractivity contribution in [1.82, 2.24) is 20.2 Å². The highest BCUT2D eigenvalue weighted by Crippen LogP contribution is 2.29. The zero-order valence-corrected chi connectivity index (χ0v) is 10.7. The van der Waals surface area contributed by atoms with Gasteiger partial charge in [-0.1, -0.05) is 13.3 Å². The van der Waals surface area contributed by atoms with Crippen molar-refractivity contribution < 1.29 is 17.9 Å². The molecule has 2 rings (SSSR count). The zero-order chi connectivity index (χ0) is 14.6. The second kappa shape index (κ2) is 5.89. The van der Waals surface area contributed by atoms with Crippen LogP contribution < -0.4 is 4.74 Å². The highest BCUT2D eigenvalue weighted by atomic mass is 19.4. The normalized spacial score (nSPS) is 11.6. The SMILES string of the molecule is CCCCOc1cccnc1-c1n[nH]c(C(F)(F)F)n1. The standard InChI is InChI=1S/C12H13F3N4O/c1-2-3-7-20-8-5-4-6-16-9(8)10-17-11(19-18-10)12(13,14)15/h4-6H,2-3,7H2,1H3,(H,17,18,19). The van der Waals surface area contributed by atoms with E-state index >= 15 is 0 Å². The van der Waals surface area contributed by atoms with Gasteiger partial charge in [-0.05, 0) is 18.6 Å². The van der Waals surface area contributed by atoms with Crippen LogP contribution in [0.15, 0.2) is 18.3 Å². The molecule has 108 valence electrons. The number of halogens is 3. The summed E-state index contributed by atoms with van der Waals surface area (Å²) in [6.45, 7) is 2.48. The lowest BCUT2D eigenvalue weighted by atomic mass is 10.3. The Labute approximate surface area is 113 Å². The van der Waals surface area contributed by atoms with Crippen LogP contribution in [0.25, 0.3) is 11.5 Å². The van der Waals surface area contributed by atoms with Gasteiger partial charge in [-0.25, -0.2) is 9.97 Å². The van der Waals surface area contributed by atoms with Crippen molar-refractivity contribution in [1.29, 1.82) is 0 Å². The van der Waals surface area contributed by atoms with Crippen molar-refractivity contribution in [2.45, 2.75) is 25.9 Å². The van der Waals surface area contributed by atoms with Gasteiger partial charge in [0.2, 0.25) is 11.6 Å². The molecule has 0 fully saturated rings. The monoisotopic (exact) mass is 286 g/mol. The Kier molecular flexibility index (Phi) is 4.21. The third-order valence-corrected chi connectivity index (χ3v) is 2.49. The molecule has 0 bridgehead atoms. The first kappa shape index (κ1) is 14.3. The van der Waals surface area contributed by atoms with Crippen molar-refractivity contribution in [3.8, 4) is 17.3 Å². The summed E-state index contributed by atoms with van der Waals surface area (Å²) in [5, 5.41) is 5.40. The third kappa shape index (κ3) is 3.25. The number of aromatic amines is 1. The average molecular weight is 286 g/mol. The largest absolute Gasteiger partial charge is 0.491 e. The minimum absolute atomic E-state index is 0.135. The number of H-pyrrole nitrogens is 1. The Bertz CT molecular complexity index is 568. The van der Waals surface area contributed by atoms with Crippen LogP contribution in [0.4, 0.5) is 13.2 Å². The number of hydrogen-bond donors (Lipinski definition) is 1. The van der Waals surface area contributed by atoms with Gasteiger partial charge in [-0.3, -0.25) is 5.10 Å². The van der Waals surface area contributed by atoms with E-state index in [-0.39, 0.29) is 11.5 Å². The number of unbranched alkanes of at least 4 members (excludes halogenated alkanes) is 1. The molecular weight excluding hydrogens is 273 g/mol. The van der Waals surface area contributed by atoms with Crippen LogP contribution in [-0.2, 0) is 6.18 Å². The van der Waals surface area contributed by atoms with Gasteiger partial charge in [0.1, 0.15) is 5.75 Å². The van der Waals surface area contributed by atoms with E-state index in [9.17, 15) is 13.2 Å². The van der Waals surface area contributed by atoms with Crippen molar-refractivity contribution >= 4 is 0 Å². The smallest absolute Gasteiger partial charge is 0.451 e. The van der Waals surface area contributed by atoms with Gasteiger partial charge in [0.05, 0.1) is 6.61 Å². The molecule has 2 aromatic heterocycles. The molecule has 2 aromatic rings. The maximum Gasteiger partial charge on any atom is 0.451 e. The fourth-order valence-corrected chi connectivity index (χ4v) is 1.50.